The first-order chi connectivity index (χ1) is 8.09. The second kappa shape index (κ2) is 5.27. The van der Waals surface area contributed by atoms with E-state index in [0.29, 0.717) is 11.6 Å². The molecule has 2 nitrogen and oxygen atoms in total. The van der Waals surface area contributed by atoms with Gasteiger partial charge in [-0.1, -0.05) is 26.7 Å². The Morgan fingerprint density at radius 3 is 2.47 bits per heavy atom. The molecule has 2 aliphatic rings. The topological polar surface area (TPSA) is 15.3 Å². The molecule has 0 bridgehead atoms. The van der Waals surface area contributed by atoms with Crippen molar-refractivity contribution >= 4 is 0 Å². The first-order valence-corrected chi connectivity index (χ1v) is 7.58. The summed E-state index contributed by atoms with van der Waals surface area (Å²) in [6.07, 6.45) is 5.54. The summed E-state index contributed by atoms with van der Waals surface area (Å²) in [5, 5.41) is 3.80. The maximum atomic E-state index is 3.80. The van der Waals surface area contributed by atoms with Crippen molar-refractivity contribution in [1.29, 1.82) is 0 Å². The Balaban J connectivity index is 1.94. The van der Waals surface area contributed by atoms with Crippen molar-refractivity contribution < 1.29 is 0 Å². The Bertz CT molecular complexity index is 245. The molecule has 0 spiro atoms. The summed E-state index contributed by atoms with van der Waals surface area (Å²) < 4.78 is 0. The molecular formula is C15H30N2. The molecule has 0 aromatic rings. The summed E-state index contributed by atoms with van der Waals surface area (Å²) in [6.45, 7) is 13.2. The van der Waals surface area contributed by atoms with Gasteiger partial charge in [0.2, 0.25) is 0 Å². The van der Waals surface area contributed by atoms with Crippen LogP contribution in [0, 0.1) is 11.8 Å². The zero-order valence-electron chi connectivity index (χ0n) is 12.1. The standard InChI is InChI=1S/C15H30N2/c1-5-13(6-2)10-17-11-15(4,14-7-8-14)16-9-12(17)3/h12-14,16H,5-11H2,1-4H3. The molecule has 0 aromatic heterocycles. The third-order valence-electron chi connectivity index (χ3n) is 5.08. The number of hydrogen-bond donors (Lipinski definition) is 1. The lowest BCUT2D eigenvalue weighted by atomic mass is 9.90. The van der Waals surface area contributed by atoms with Crippen LogP contribution >= 0.6 is 0 Å². The zero-order valence-corrected chi connectivity index (χ0v) is 12.1. The summed E-state index contributed by atoms with van der Waals surface area (Å²) in [4.78, 5) is 2.74. The van der Waals surface area contributed by atoms with Gasteiger partial charge in [0.15, 0.2) is 0 Å². The Labute approximate surface area is 107 Å². The van der Waals surface area contributed by atoms with E-state index in [-0.39, 0.29) is 0 Å². The van der Waals surface area contributed by atoms with Crippen LogP contribution in [0.3, 0.4) is 0 Å². The van der Waals surface area contributed by atoms with Crippen LogP contribution in [-0.2, 0) is 0 Å². The summed E-state index contributed by atoms with van der Waals surface area (Å²) in [7, 11) is 0. The van der Waals surface area contributed by atoms with E-state index in [1.54, 1.807) is 0 Å². The third-order valence-corrected chi connectivity index (χ3v) is 5.08. The van der Waals surface area contributed by atoms with Gasteiger partial charge in [-0.3, -0.25) is 4.90 Å². The Morgan fingerprint density at radius 1 is 1.29 bits per heavy atom. The zero-order chi connectivity index (χ0) is 12.5. The highest BCUT2D eigenvalue weighted by Gasteiger charge is 2.45. The molecule has 1 heterocycles. The Kier molecular flexibility index (Phi) is 4.14. The van der Waals surface area contributed by atoms with Crippen LogP contribution in [0.4, 0.5) is 0 Å². The normalized spacial score (nSPS) is 35.5. The largest absolute Gasteiger partial charge is 0.308 e. The fourth-order valence-corrected chi connectivity index (χ4v) is 3.26. The van der Waals surface area contributed by atoms with Crippen LogP contribution in [0.2, 0.25) is 0 Å². The van der Waals surface area contributed by atoms with Crippen molar-refractivity contribution in [3.8, 4) is 0 Å². The van der Waals surface area contributed by atoms with Crippen molar-refractivity contribution in [2.24, 2.45) is 11.8 Å². The van der Waals surface area contributed by atoms with E-state index in [9.17, 15) is 0 Å². The third kappa shape index (κ3) is 3.03. The van der Waals surface area contributed by atoms with Crippen LogP contribution in [0.1, 0.15) is 53.4 Å². The molecule has 0 aromatic carbocycles. The lowest BCUT2D eigenvalue weighted by Gasteiger charge is -2.46. The predicted molar refractivity (Wildman–Crippen MR) is 74.2 cm³/mol. The molecule has 2 rings (SSSR count). The first kappa shape index (κ1) is 13.4. The first-order valence-electron chi connectivity index (χ1n) is 7.58. The highest BCUT2D eigenvalue weighted by Crippen LogP contribution is 2.41. The number of nitrogens with one attached hydrogen (secondary N) is 1. The van der Waals surface area contributed by atoms with Crippen LogP contribution in [-0.4, -0.2) is 36.1 Å². The van der Waals surface area contributed by atoms with E-state index in [1.807, 2.05) is 0 Å². The minimum absolute atomic E-state index is 0.401. The van der Waals surface area contributed by atoms with Crippen LogP contribution in [0.15, 0.2) is 0 Å². The summed E-state index contributed by atoms with van der Waals surface area (Å²) in [5.41, 5.74) is 0.401. The average molecular weight is 238 g/mol. The molecule has 100 valence electrons. The van der Waals surface area contributed by atoms with E-state index < -0.39 is 0 Å². The molecule has 17 heavy (non-hydrogen) atoms. The van der Waals surface area contributed by atoms with Crippen LogP contribution < -0.4 is 5.32 Å². The van der Waals surface area contributed by atoms with Crippen molar-refractivity contribution in [1.82, 2.24) is 10.2 Å². The highest BCUT2D eigenvalue weighted by molar-refractivity contribution is 5.03. The van der Waals surface area contributed by atoms with Crippen molar-refractivity contribution in [3.05, 3.63) is 0 Å². The second-order valence-electron chi connectivity index (χ2n) is 6.53. The van der Waals surface area contributed by atoms with Crippen LogP contribution in [0.25, 0.3) is 0 Å². The monoisotopic (exact) mass is 238 g/mol. The van der Waals surface area contributed by atoms with Gasteiger partial charge < -0.3 is 5.32 Å². The van der Waals surface area contributed by atoms with Crippen molar-refractivity contribution in [2.45, 2.75) is 65.0 Å². The number of piperazine rings is 1. The molecule has 2 fully saturated rings. The molecule has 1 aliphatic heterocycles. The van der Waals surface area contributed by atoms with Gasteiger partial charge in [-0.05, 0) is 38.5 Å². The van der Waals surface area contributed by atoms with Gasteiger partial charge in [-0.25, -0.2) is 0 Å². The molecule has 2 heteroatoms. The minimum atomic E-state index is 0.401. The SMILES string of the molecule is CCC(CC)CN1CC(C)(C2CC2)NCC1C. The summed E-state index contributed by atoms with van der Waals surface area (Å²) in [6, 6.07) is 0.711. The fraction of sp³-hybridized carbons (Fsp3) is 1.00. The maximum absolute atomic E-state index is 3.80. The molecule has 1 N–H and O–H groups in total. The molecule has 0 amide bonds. The van der Waals surface area contributed by atoms with Gasteiger partial charge in [0, 0.05) is 31.2 Å². The molecule has 0 radical (unpaired) electrons. The molecule has 2 atom stereocenters. The summed E-state index contributed by atoms with van der Waals surface area (Å²) >= 11 is 0. The lowest BCUT2D eigenvalue weighted by Crippen LogP contribution is -2.63. The van der Waals surface area contributed by atoms with E-state index in [4.69, 9.17) is 0 Å². The van der Waals surface area contributed by atoms with E-state index in [0.717, 1.165) is 11.8 Å². The predicted octanol–water partition coefficient (Wildman–Crippen LogP) is 2.89. The van der Waals surface area contributed by atoms with Gasteiger partial charge >= 0.3 is 0 Å². The van der Waals surface area contributed by atoms with Gasteiger partial charge in [0.25, 0.3) is 0 Å². The Hall–Kier alpha value is -0.0800. The van der Waals surface area contributed by atoms with Gasteiger partial charge in [0.1, 0.15) is 0 Å². The molecule has 2 unspecified atom stereocenters. The maximum Gasteiger partial charge on any atom is 0.0309 e. The number of rotatable bonds is 5. The molecule has 1 aliphatic carbocycles. The fourth-order valence-electron chi connectivity index (χ4n) is 3.26. The highest BCUT2D eigenvalue weighted by atomic mass is 15.3. The van der Waals surface area contributed by atoms with E-state index >= 15 is 0 Å². The quantitative estimate of drug-likeness (QED) is 0.792. The van der Waals surface area contributed by atoms with E-state index in [1.165, 1.54) is 45.3 Å². The molecule has 1 saturated carbocycles. The second-order valence-corrected chi connectivity index (χ2v) is 6.53. The van der Waals surface area contributed by atoms with Crippen molar-refractivity contribution in [2.75, 3.05) is 19.6 Å². The van der Waals surface area contributed by atoms with E-state index in [2.05, 4.69) is 37.9 Å². The lowest BCUT2D eigenvalue weighted by molar-refractivity contribution is 0.0678. The van der Waals surface area contributed by atoms with Gasteiger partial charge in [-0.15, -0.1) is 0 Å². The molecular weight excluding hydrogens is 208 g/mol. The van der Waals surface area contributed by atoms with Gasteiger partial charge in [0.05, 0.1) is 0 Å². The number of nitrogens with zero attached hydrogens (tertiary/aromatic N) is 1. The minimum Gasteiger partial charge on any atom is -0.308 e. The average Bonchev–Trinajstić information content (AvgIpc) is 3.15. The van der Waals surface area contributed by atoms with Crippen LogP contribution in [0.5, 0.6) is 0 Å². The van der Waals surface area contributed by atoms with Crippen molar-refractivity contribution in [3.63, 3.8) is 0 Å². The molecule has 1 saturated heterocycles. The Morgan fingerprint density at radius 2 is 1.94 bits per heavy atom. The number of hydrogen-bond acceptors (Lipinski definition) is 2. The summed E-state index contributed by atoms with van der Waals surface area (Å²) in [5.74, 6) is 1.83. The smallest absolute Gasteiger partial charge is 0.0309 e. The van der Waals surface area contributed by atoms with Gasteiger partial charge in [-0.2, -0.15) is 0 Å².